The summed E-state index contributed by atoms with van der Waals surface area (Å²) >= 11 is 7.47. The van der Waals surface area contributed by atoms with Crippen LogP contribution in [0.4, 0.5) is 0 Å². The second kappa shape index (κ2) is 59.8. The number of benzene rings is 4. The molecule has 8 heteroatoms. The number of hydrogen-bond acceptors (Lipinski definition) is 7. The third-order valence-corrected chi connectivity index (χ3v) is 13.0. The molecule has 4 rings (SSSR count). The highest BCUT2D eigenvalue weighted by atomic mass is 79.9. The van der Waals surface area contributed by atoms with E-state index in [1.807, 2.05) is 39.0 Å². The summed E-state index contributed by atoms with van der Waals surface area (Å²) in [7, 11) is 1.69. The summed E-state index contributed by atoms with van der Waals surface area (Å²) in [5.41, 5.74) is 7.45. The van der Waals surface area contributed by atoms with E-state index in [4.69, 9.17) is 20.1 Å². The molecule has 0 saturated heterocycles. The standard InChI is InChI=1S/C11H16O3.C11H16O.C11H16.C10H13Br.C8H18.2C7H16O.C5H12S.C5H12.C5H10.C4H10.2CH4/c1-11(2,3)8-4-7(6-12)10(14)9(13)5-8;1-11(2,3)9-5-7-10(12-4)8-6-9;1-11(2,3)9-10-7-5-4-6-8-10;1-10(2,3)8-4-6-9(11)7-5-8;1-4-5-6-7-8(2)3;2*1-7(2,3)5-4-6-8;1-5(2)3-4-6;1-5(2,3)4;1-4-5(2)3;1-4(2)3;;/h4-5,12-14H,6H2,1-3H3;5-8H,1-4H3;4-8H,9H2,1-3H3;4-7H,1-3H3;8H,4-7H2,1-3H3;2*8H,4-6H2,1-3H3;5-6H,3-4H2,1-2H3;1-4H3;4-5H,1H2,2-3H3;4H,1-3H3;2*1H4. The molecule has 0 fully saturated rings. The zero-order valence-electron chi connectivity index (χ0n) is 66.6. The van der Waals surface area contributed by atoms with Crippen molar-refractivity contribution >= 4 is 28.6 Å². The van der Waals surface area contributed by atoms with E-state index in [9.17, 15) is 10.2 Å². The number of allylic oxidation sites excluding steroid dienone is 1. The molecule has 0 saturated carbocycles. The summed E-state index contributed by atoms with van der Waals surface area (Å²) in [5.74, 6) is 4.74. The number of methoxy groups -OCH3 is 1. The van der Waals surface area contributed by atoms with Crippen molar-refractivity contribution in [2.45, 2.75) is 323 Å². The van der Waals surface area contributed by atoms with Gasteiger partial charge in [-0.15, -0.1) is 6.58 Å². The molecule has 556 valence electrons. The number of aromatic hydroxyl groups is 2. The second-order valence-corrected chi connectivity index (χ2v) is 35.5. The lowest BCUT2D eigenvalue weighted by Gasteiger charge is -2.20. The number of phenolic OH excluding ortho intramolecular Hbond substituents is 1. The maximum Gasteiger partial charge on any atom is 0.163 e. The summed E-state index contributed by atoms with van der Waals surface area (Å²) < 4.78 is 6.23. The Hall–Kier alpha value is -3.27. The molecule has 94 heavy (non-hydrogen) atoms. The smallest absolute Gasteiger partial charge is 0.163 e. The highest BCUT2D eigenvalue weighted by Crippen LogP contribution is 2.35. The number of thiol groups is 1. The molecule has 0 atom stereocenters. The maximum absolute atomic E-state index is 9.41. The van der Waals surface area contributed by atoms with E-state index >= 15 is 0 Å². The molecule has 0 heterocycles. The molecule has 0 aliphatic carbocycles. The molecule has 0 amide bonds. The van der Waals surface area contributed by atoms with Crippen LogP contribution in [-0.4, -0.2) is 51.6 Å². The second-order valence-electron chi connectivity index (χ2n) is 34.2. The Labute approximate surface area is 603 Å². The van der Waals surface area contributed by atoms with Crippen LogP contribution < -0.4 is 4.74 Å². The van der Waals surface area contributed by atoms with Crippen molar-refractivity contribution in [3.8, 4) is 17.2 Å². The Morgan fingerprint density at radius 3 is 1.10 bits per heavy atom. The van der Waals surface area contributed by atoms with Crippen LogP contribution in [0.3, 0.4) is 0 Å². The number of phenols is 2. The lowest BCUT2D eigenvalue weighted by Crippen LogP contribution is -2.11. The minimum absolute atomic E-state index is 0. The van der Waals surface area contributed by atoms with E-state index in [2.05, 4.69) is 303 Å². The fourth-order valence-corrected chi connectivity index (χ4v) is 7.54. The van der Waals surface area contributed by atoms with Gasteiger partial charge in [0.05, 0.1) is 13.7 Å². The van der Waals surface area contributed by atoms with Crippen molar-refractivity contribution in [3.05, 3.63) is 136 Å². The van der Waals surface area contributed by atoms with Gasteiger partial charge in [0, 0.05) is 23.2 Å². The first kappa shape index (κ1) is 109. The molecular weight excluding hydrogens is 1240 g/mol. The van der Waals surface area contributed by atoms with E-state index in [0.717, 1.165) is 71.4 Å². The Balaban J connectivity index is -0.000000123. The van der Waals surface area contributed by atoms with Crippen LogP contribution >= 0.6 is 28.6 Å². The van der Waals surface area contributed by atoms with E-state index in [1.165, 1.54) is 54.9 Å². The number of ether oxygens (including phenoxy) is 1. The average Bonchev–Trinajstić information content (AvgIpc) is 0.831. The van der Waals surface area contributed by atoms with Crippen LogP contribution in [0.1, 0.15) is 322 Å². The van der Waals surface area contributed by atoms with Gasteiger partial charge in [0.1, 0.15) is 5.75 Å². The SMILES string of the molecule is C.C.C=CC(C)C.CC(C)(C)C.CC(C)(C)CCCO.CC(C)(C)CCCO.CC(C)(C)Cc1ccccc1.CC(C)(C)c1cc(O)c(O)c(CO)c1.CC(C)(C)c1ccc(Br)cc1.CC(C)C.CC(C)CCS.CCCCCC(C)C.COc1ccc(C(C)(C)C)cc1. The zero-order valence-corrected chi connectivity index (χ0v) is 69.1. The third-order valence-electron chi connectivity index (χ3n) is 12.2. The molecule has 0 radical (unpaired) electrons. The van der Waals surface area contributed by atoms with Gasteiger partial charge in [-0.3, -0.25) is 0 Å². The number of aliphatic hydroxyl groups is 3. The third kappa shape index (κ3) is 88.7. The summed E-state index contributed by atoms with van der Waals surface area (Å²) in [6.45, 7) is 73.8. The Morgan fingerprint density at radius 1 is 0.511 bits per heavy atom. The summed E-state index contributed by atoms with van der Waals surface area (Å²) in [5, 5.41) is 44.6. The minimum Gasteiger partial charge on any atom is -0.504 e. The van der Waals surface area contributed by atoms with E-state index in [0.29, 0.717) is 46.4 Å². The van der Waals surface area contributed by atoms with E-state index in [-0.39, 0.29) is 49.2 Å². The number of aliphatic hydroxyl groups excluding tert-OH is 3. The minimum atomic E-state index is -0.274. The van der Waals surface area contributed by atoms with Crippen LogP contribution in [0.5, 0.6) is 17.2 Å². The van der Waals surface area contributed by atoms with E-state index < -0.39 is 0 Å². The maximum atomic E-state index is 9.41. The van der Waals surface area contributed by atoms with Gasteiger partial charge < -0.3 is 30.3 Å². The van der Waals surface area contributed by atoms with Gasteiger partial charge in [-0.05, 0) is 165 Å². The van der Waals surface area contributed by atoms with Crippen molar-refractivity contribution < 1.29 is 30.3 Å². The number of unbranched alkanes of at least 4 members (excludes halogenated alkanes) is 2. The topological polar surface area (TPSA) is 110 Å². The van der Waals surface area contributed by atoms with Gasteiger partial charge in [0.25, 0.3) is 0 Å². The van der Waals surface area contributed by atoms with Crippen LogP contribution in [0.2, 0.25) is 0 Å². The first-order valence-corrected chi connectivity index (χ1v) is 36.1. The van der Waals surface area contributed by atoms with Crippen molar-refractivity contribution in [1.29, 1.82) is 0 Å². The molecule has 0 aliphatic heterocycles. The monoisotopic (exact) mass is 1400 g/mol. The van der Waals surface area contributed by atoms with Gasteiger partial charge in [0.2, 0.25) is 0 Å². The van der Waals surface area contributed by atoms with Crippen molar-refractivity contribution in [2.75, 3.05) is 26.1 Å². The summed E-state index contributed by atoms with van der Waals surface area (Å²) in [6.07, 6.45) is 14.0. The van der Waals surface area contributed by atoms with Crippen LogP contribution in [0, 0.1) is 45.3 Å². The molecule has 6 nitrogen and oxygen atoms in total. The van der Waals surface area contributed by atoms with Crippen LogP contribution in [-0.2, 0) is 29.3 Å². The average molecular weight is 1410 g/mol. The lowest BCUT2D eigenvalue weighted by atomic mass is 9.86. The molecule has 0 spiro atoms. The number of hydrogen-bond donors (Lipinski definition) is 6. The van der Waals surface area contributed by atoms with Gasteiger partial charge in [0.15, 0.2) is 11.5 Å². The summed E-state index contributed by atoms with van der Waals surface area (Å²) in [4.78, 5) is 0. The molecular formula is C86H163BrO6S. The Kier molecular flexibility index (Phi) is 69.5. The van der Waals surface area contributed by atoms with Crippen molar-refractivity contribution in [1.82, 2.24) is 0 Å². The number of rotatable bonds is 14. The molecule has 4 aromatic carbocycles. The van der Waals surface area contributed by atoms with Gasteiger partial charge >= 0.3 is 0 Å². The first-order chi connectivity index (χ1) is 41.6. The molecule has 0 aliphatic rings. The highest BCUT2D eigenvalue weighted by Gasteiger charge is 2.19. The van der Waals surface area contributed by atoms with Crippen molar-refractivity contribution in [3.63, 3.8) is 0 Å². The largest absolute Gasteiger partial charge is 0.504 e. The quantitative estimate of drug-likeness (QED) is 0.0325. The Bertz CT molecular complexity index is 2210. The zero-order chi connectivity index (χ0) is 73.9. The number of halogens is 1. The predicted molar refractivity (Wildman–Crippen MR) is 437 cm³/mol. The van der Waals surface area contributed by atoms with Crippen molar-refractivity contribution in [2.24, 2.45) is 45.3 Å². The van der Waals surface area contributed by atoms with Crippen LogP contribution in [0.25, 0.3) is 0 Å². The van der Waals surface area contributed by atoms with Crippen LogP contribution in [0.15, 0.2) is 108 Å². The Morgan fingerprint density at radius 2 is 0.862 bits per heavy atom. The molecule has 4 aromatic rings. The van der Waals surface area contributed by atoms with Gasteiger partial charge in [-0.25, -0.2) is 0 Å². The molecule has 0 aromatic heterocycles. The fraction of sp³-hybridized carbons (Fsp3) is 0.698. The molecule has 5 N–H and O–H groups in total. The lowest BCUT2D eigenvalue weighted by molar-refractivity contribution is 0.251. The fourth-order valence-electron chi connectivity index (χ4n) is 6.76. The molecule has 0 unspecified atom stereocenters. The normalized spacial score (nSPS) is 11.0. The summed E-state index contributed by atoms with van der Waals surface area (Å²) in [6, 6.07) is 30.6. The molecule has 0 bridgehead atoms. The van der Waals surface area contributed by atoms with E-state index in [1.54, 1.807) is 13.2 Å². The highest BCUT2D eigenvalue weighted by molar-refractivity contribution is 9.10. The van der Waals surface area contributed by atoms with Gasteiger partial charge in [-0.2, -0.15) is 12.6 Å². The predicted octanol–water partition coefficient (Wildman–Crippen LogP) is 27.5. The van der Waals surface area contributed by atoms with Gasteiger partial charge in [-0.1, -0.05) is 339 Å². The first-order valence-electron chi connectivity index (χ1n) is 34.7.